The number of anilines is 2. The van der Waals surface area contributed by atoms with Gasteiger partial charge >= 0.3 is 6.03 Å². The van der Waals surface area contributed by atoms with Crippen LogP contribution in [0.1, 0.15) is 33.3 Å². The highest BCUT2D eigenvalue weighted by atomic mass is 16.2. The lowest BCUT2D eigenvalue weighted by atomic mass is 10.1. The monoisotopic (exact) mass is 292 g/mol. The number of carbonyl (C=O) groups excluding carboxylic acids is 1. The number of amides is 2. The van der Waals surface area contributed by atoms with E-state index in [0.29, 0.717) is 12.2 Å². The number of hydrogen-bond donors (Lipinski definition) is 2. The molecule has 0 aromatic heterocycles. The largest absolute Gasteiger partial charge is 0.399 e. The predicted octanol–water partition coefficient (Wildman–Crippen LogP) is 2.66. The molecule has 0 aliphatic rings. The van der Waals surface area contributed by atoms with Crippen molar-refractivity contribution >= 4 is 17.4 Å². The fraction of sp³-hybridized carbons (Fsp3) is 0.562. The smallest absolute Gasteiger partial charge is 0.318 e. The highest BCUT2D eigenvalue weighted by Crippen LogP contribution is 2.23. The molecule has 0 saturated carbocycles. The van der Waals surface area contributed by atoms with Crippen LogP contribution in [0, 0.1) is 0 Å². The Balaban J connectivity index is 3.04. The summed E-state index contributed by atoms with van der Waals surface area (Å²) in [7, 11) is 3.98. The molecule has 0 atom stereocenters. The first-order valence-corrected chi connectivity index (χ1v) is 7.35. The van der Waals surface area contributed by atoms with Crippen LogP contribution in [0.3, 0.4) is 0 Å². The molecule has 0 spiro atoms. The molecule has 5 nitrogen and oxygen atoms in total. The lowest BCUT2D eigenvalue weighted by molar-refractivity contribution is 0.177. The fourth-order valence-electron chi connectivity index (χ4n) is 2.17. The fourth-order valence-corrected chi connectivity index (χ4v) is 2.17. The van der Waals surface area contributed by atoms with E-state index in [9.17, 15) is 4.79 Å². The van der Waals surface area contributed by atoms with Crippen molar-refractivity contribution in [2.24, 2.45) is 0 Å². The molecule has 0 fully saturated rings. The van der Waals surface area contributed by atoms with Gasteiger partial charge in [0.1, 0.15) is 0 Å². The average Bonchev–Trinajstić information content (AvgIpc) is 2.34. The lowest BCUT2D eigenvalue weighted by Crippen LogP contribution is -2.45. The van der Waals surface area contributed by atoms with Gasteiger partial charge < -0.3 is 20.9 Å². The molecule has 1 rings (SSSR count). The molecule has 2 amide bonds. The topological polar surface area (TPSA) is 61.6 Å². The van der Waals surface area contributed by atoms with Crippen molar-refractivity contribution in [3.63, 3.8) is 0 Å². The SMILES string of the molecule is CC(C)NC(=O)N(Cc1cc(N)ccc1N(C)C)C(C)C. The minimum atomic E-state index is -0.0490. The van der Waals surface area contributed by atoms with Crippen LogP contribution in [-0.2, 0) is 6.54 Å². The Labute approximate surface area is 128 Å². The molecule has 5 heteroatoms. The van der Waals surface area contributed by atoms with E-state index in [2.05, 4.69) is 5.32 Å². The molecule has 21 heavy (non-hydrogen) atoms. The summed E-state index contributed by atoms with van der Waals surface area (Å²) in [5.41, 5.74) is 8.74. The van der Waals surface area contributed by atoms with Crippen molar-refractivity contribution in [1.29, 1.82) is 0 Å². The standard InChI is InChI=1S/C16H28N4O/c1-11(2)18-16(21)20(12(3)4)10-13-9-14(17)7-8-15(13)19(5)6/h7-9,11-12H,10,17H2,1-6H3,(H,18,21). The van der Waals surface area contributed by atoms with E-state index >= 15 is 0 Å². The molecule has 0 aliphatic heterocycles. The number of benzene rings is 1. The molecular weight excluding hydrogens is 264 g/mol. The second-order valence-electron chi connectivity index (χ2n) is 6.11. The molecule has 1 aromatic carbocycles. The van der Waals surface area contributed by atoms with Gasteiger partial charge in [0.15, 0.2) is 0 Å². The van der Waals surface area contributed by atoms with Crippen LogP contribution >= 0.6 is 0 Å². The van der Waals surface area contributed by atoms with Crippen LogP contribution in [0.15, 0.2) is 18.2 Å². The molecule has 0 saturated heterocycles. The summed E-state index contributed by atoms with van der Waals surface area (Å²) in [6.07, 6.45) is 0. The molecule has 0 aliphatic carbocycles. The number of carbonyl (C=O) groups is 1. The third-order valence-electron chi connectivity index (χ3n) is 3.22. The van der Waals surface area contributed by atoms with Gasteiger partial charge in [-0.05, 0) is 51.5 Å². The van der Waals surface area contributed by atoms with E-state index in [0.717, 1.165) is 11.3 Å². The van der Waals surface area contributed by atoms with Gasteiger partial charge in [-0.25, -0.2) is 4.79 Å². The van der Waals surface area contributed by atoms with Crippen molar-refractivity contribution in [3.8, 4) is 0 Å². The number of nitrogens with two attached hydrogens (primary N) is 1. The second kappa shape index (κ2) is 7.20. The Kier molecular flexibility index (Phi) is 5.88. The number of urea groups is 1. The first kappa shape index (κ1) is 17.1. The summed E-state index contributed by atoms with van der Waals surface area (Å²) >= 11 is 0. The van der Waals surface area contributed by atoms with Crippen molar-refractivity contribution in [2.45, 2.75) is 46.3 Å². The van der Waals surface area contributed by atoms with Crippen molar-refractivity contribution < 1.29 is 4.79 Å². The minimum Gasteiger partial charge on any atom is -0.399 e. The first-order valence-electron chi connectivity index (χ1n) is 7.35. The number of nitrogens with zero attached hydrogens (tertiary/aromatic N) is 2. The zero-order valence-electron chi connectivity index (χ0n) is 14.0. The summed E-state index contributed by atoms with van der Waals surface area (Å²) in [5, 5.41) is 2.95. The highest BCUT2D eigenvalue weighted by molar-refractivity contribution is 5.75. The molecule has 0 heterocycles. The van der Waals surface area contributed by atoms with Gasteiger partial charge in [-0.15, -0.1) is 0 Å². The maximum atomic E-state index is 12.3. The number of nitrogen functional groups attached to an aromatic ring is 1. The molecule has 0 bridgehead atoms. The number of rotatable bonds is 5. The summed E-state index contributed by atoms with van der Waals surface area (Å²) in [6.45, 7) is 8.49. The Morgan fingerprint density at radius 3 is 2.33 bits per heavy atom. The molecule has 0 radical (unpaired) electrons. The Morgan fingerprint density at radius 1 is 1.24 bits per heavy atom. The van der Waals surface area contributed by atoms with Gasteiger partial charge in [-0.3, -0.25) is 0 Å². The predicted molar refractivity (Wildman–Crippen MR) is 89.5 cm³/mol. The average molecular weight is 292 g/mol. The Bertz CT molecular complexity index is 483. The van der Waals surface area contributed by atoms with Gasteiger partial charge in [0.2, 0.25) is 0 Å². The Hall–Kier alpha value is -1.91. The lowest BCUT2D eigenvalue weighted by Gasteiger charge is -2.30. The highest BCUT2D eigenvalue weighted by Gasteiger charge is 2.19. The quantitative estimate of drug-likeness (QED) is 0.820. The zero-order valence-corrected chi connectivity index (χ0v) is 14.0. The van der Waals surface area contributed by atoms with Gasteiger partial charge in [0, 0.05) is 44.1 Å². The molecule has 1 aromatic rings. The number of nitrogens with one attached hydrogen (secondary N) is 1. The zero-order chi connectivity index (χ0) is 16.2. The summed E-state index contributed by atoms with van der Waals surface area (Å²) in [5.74, 6) is 0. The van der Waals surface area contributed by atoms with E-state index in [4.69, 9.17) is 5.73 Å². The maximum absolute atomic E-state index is 12.3. The third-order valence-corrected chi connectivity index (χ3v) is 3.22. The summed E-state index contributed by atoms with van der Waals surface area (Å²) < 4.78 is 0. The molecule has 0 unspecified atom stereocenters. The van der Waals surface area contributed by atoms with Crippen molar-refractivity contribution in [3.05, 3.63) is 23.8 Å². The van der Waals surface area contributed by atoms with Crippen LogP contribution in [0.4, 0.5) is 16.2 Å². The van der Waals surface area contributed by atoms with E-state index in [-0.39, 0.29) is 18.1 Å². The molecular formula is C16H28N4O. The molecule has 3 N–H and O–H groups in total. The van der Waals surface area contributed by atoms with Crippen LogP contribution in [0.5, 0.6) is 0 Å². The van der Waals surface area contributed by atoms with Crippen LogP contribution in [0.2, 0.25) is 0 Å². The van der Waals surface area contributed by atoms with Gasteiger partial charge in [0.05, 0.1) is 0 Å². The van der Waals surface area contributed by atoms with E-state index in [1.54, 1.807) is 0 Å². The van der Waals surface area contributed by atoms with E-state index in [1.807, 2.05) is 69.8 Å². The minimum absolute atomic E-state index is 0.0490. The van der Waals surface area contributed by atoms with E-state index in [1.165, 1.54) is 0 Å². The summed E-state index contributed by atoms with van der Waals surface area (Å²) in [6, 6.07) is 5.99. The number of hydrogen-bond acceptors (Lipinski definition) is 3. The Morgan fingerprint density at radius 2 is 1.86 bits per heavy atom. The second-order valence-corrected chi connectivity index (χ2v) is 6.11. The van der Waals surface area contributed by atoms with E-state index < -0.39 is 0 Å². The van der Waals surface area contributed by atoms with Gasteiger partial charge in [-0.1, -0.05) is 0 Å². The van der Waals surface area contributed by atoms with Crippen LogP contribution in [-0.4, -0.2) is 37.1 Å². The van der Waals surface area contributed by atoms with Gasteiger partial charge in [0.25, 0.3) is 0 Å². The van der Waals surface area contributed by atoms with Crippen molar-refractivity contribution in [1.82, 2.24) is 10.2 Å². The maximum Gasteiger partial charge on any atom is 0.318 e. The van der Waals surface area contributed by atoms with Crippen molar-refractivity contribution in [2.75, 3.05) is 24.7 Å². The normalized spacial score (nSPS) is 10.9. The van der Waals surface area contributed by atoms with Gasteiger partial charge in [-0.2, -0.15) is 0 Å². The first-order chi connectivity index (χ1) is 9.72. The van der Waals surface area contributed by atoms with Crippen LogP contribution in [0.25, 0.3) is 0 Å². The molecule has 118 valence electrons. The third kappa shape index (κ3) is 4.85. The van der Waals surface area contributed by atoms with Crippen LogP contribution < -0.4 is 16.0 Å². The summed E-state index contributed by atoms with van der Waals surface area (Å²) in [4.78, 5) is 16.2.